The Morgan fingerprint density at radius 1 is 0.851 bits per heavy atom. The number of rotatable bonds is 11. The first kappa shape index (κ1) is 32.3. The lowest BCUT2D eigenvalue weighted by Gasteiger charge is -2.27. The SMILES string of the molecule is COc1ccc(OC(=O)c2ccc(Br)cc2)c2c1C1=CC(/C(C)=C\CCC(C)C)c3c(OC)cc(OCc4ccccc4)c(c31)C2=O. The zero-order valence-corrected chi connectivity index (χ0v) is 28.8. The number of fused-ring (bicyclic) bond motifs is 2. The molecule has 6 rings (SSSR count). The van der Waals surface area contributed by atoms with Crippen LogP contribution in [0, 0.1) is 5.92 Å². The third-order valence-corrected chi connectivity index (χ3v) is 9.25. The van der Waals surface area contributed by atoms with Gasteiger partial charge >= 0.3 is 5.97 Å². The molecular weight excluding hydrogens is 656 g/mol. The van der Waals surface area contributed by atoms with Crippen LogP contribution >= 0.6 is 15.9 Å². The predicted molar refractivity (Wildman–Crippen MR) is 187 cm³/mol. The van der Waals surface area contributed by atoms with Crippen LogP contribution in [-0.2, 0) is 6.61 Å². The van der Waals surface area contributed by atoms with Crippen molar-refractivity contribution < 1.29 is 28.5 Å². The summed E-state index contributed by atoms with van der Waals surface area (Å²) in [5, 5.41) is 0. The molecule has 0 spiro atoms. The number of ether oxygens (including phenoxy) is 4. The average Bonchev–Trinajstić information content (AvgIpc) is 3.47. The summed E-state index contributed by atoms with van der Waals surface area (Å²) in [4.78, 5) is 28.2. The number of carbonyl (C=O) groups excluding carboxylic acids is 2. The van der Waals surface area contributed by atoms with Gasteiger partial charge in [-0.1, -0.05) is 77.8 Å². The van der Waals surface area contributed by atoms with Gasteiger partial charge in [0.05, 0.1) is 30.9 Å². The molecule has 7 heteroatoms. The number of benzene rings is 4. The van der Waals surface area contributed by atoms with Gasteiger partial charge in [0.15, 0.2) is 0 Å². The van der Waals surface area contributed by atoms with Crippen LogP contribution in [0.15, 0.2) is 95.0 Å². The summed E-state index contributed by atoms with van der Waals surface area (Å²) in [7, 11) is 3.22. The lowest BCUT2D eigenvalue weighted by molar-refractivity contribution is 0.0732. The van der Waals surface area contributed by atoms with Crippen molar-refractivity contribution in [3.05, 3.63) is 134 Å². The van der Waals surface area contributed by atoms with Crippen LogP contribution in [0.1, 0.15) is 88.1 Å². The first-order chi connectivity index (χ1) is 22.7. The van der Waals surface area contributed by atoms with Crippen LogP contribution in [-0.4, -0.2) is 26.0 Å². The molecule has 0 fully saturated rings. The lowest BCUT2D eigenvalue weighted by atomic mass is 9.79. The summed E-state index contributed by atoms with van der Waals surface area (Å²) in [6.45, 7) is 6.82. The molecule has 0 saturated carbocycles. The molecule has 0 saturated heterocycles. The molecule has 1 unspecified atom stereocenters. The molecule has 2 aliphatic rings. The van der Waals surface area contributed by atoms with Gasteiger partial charge in [-0.15, -0.1) is 0 Å². The molecule has 4 aromatic rings. The molecule has 0 N–H and O–H groups in total. The molecule has 6 nitrogen and oxygen atoms in total. The van der Waals surface area contributed by atoms with Crippen molar-refractivity contribution >= 4 is 33.3 Å². The van der Waals surface area contributed by atoms with E-state index in [0.717, 1.165) is 45.2 Å². The fraction of sp³-hybridized carbons (Fsp3) is 0.250. The molecule has 0 aliphatic heterocycles. The van der Waals surface area contributed by atoms with E-state index in [1.807, 2.05) is 36.4 Å². The topological polar surface area (TPSA) is 71.1 Å². The number of esters is 1. The third-order valence-electron chi connectivity index (χ3n) is 8.72. The Kier molecular flexibility index (Phi) is 9.37. The van der Waals surface area contributed by atoms with Gasteiger partial charge in [-0.25, -0.2) is 4.79 Å². The van der Waals surface area contributed by atoms with Gasteiger partial charge in [-0.05, 0) is 73.2 Å². The van der Waals surface area contributed by atoms with Crippen LogP contribution in [0.25, 0.3) is 5.57 Å². The van der Waals surface area contributed by atoms with E-state index in [2.05, 4.69) is 48.9 Å². The highest BCUT2D eigenvalue weighted by molar-refractivity contribution is 9.10. The van der Waals surface area contributed by atoms with Gasteiger partial charge < -0.3 is 18.9 Å². The number of hydrogen-bond acceptors (Lipinski definition) is 6. The quantitative estimate of drug-likeness (QED) is 0.0780. The Bertz CT molecular complexity index is 1900. The molecule has 0 radical (unpaired) electrons. The molecule has 47 heavy (non-hydrogen) atoms. The van der Waals surface area contributed by atoms with Crippen molar-refractivity contribution in [1.82, 2.24) is 0 Å². The first-order valence-corrected chi connectivity index (χ1v) is 16.5. The van der Waals surface area contributed by atoms with E-state index in [1.165, 1.54) is 0 Å². The highest BCUT2D eigenvalue weighted by Crippen LogP contribution is 2.57. The average molecular weight is 694 g/mol. The largest absolute Gasteiger partial charge is 0.496 e. The monoisotopic (exact) mass is 692 g/mol. The van der Waals surface area contributed by atoms with Gasteiger partial charge in [0.2, 0.25) is 5.78 Å². The summed E-state index contributed by atoms with van der Waals surface area (Å²) >= 11 is 3.41. The summed E-state index contributed by atoms with van der Waals surface area (Å²) in [5.74, 6) is 1.29. The zero-order valence-electron chi connectivity index (χ0n) is 27.2. The Hall–Kier alpha value is -4.62. The molecule has 4 aromatic carbocycles. The summed E-state index contributed by atoms with van der Waals surface area (Å²) in [6.07, 6.45) is 6.47. The maximum absolute atomic E-state index is 14.8. The Labute approximate surface area is 284 Å². The Morgan fingerprint density at radius 2 is 1.53 bits per heavy atom. The summed E-state index contributed by atoms with van der Waals surface area (Å²) in [5.41, 5.74) is 6.27. The van der Waals surface area contributed by atoms with E-state index >= 15 is 0 Å². The first-order valence-electron chi connectivity index (χ1n) is 15.8. The van der Waals surface area contributed by atoms with Gasteiger partial charge in [-0.3, -0.25) is 4.79 Å². The van der Waals surface area contributed by atoms with Gasteiger partial charge in [-0.2, -0.15) is 0 Å². The predicted octanol–water partition coefficient (Wildman–Crippen LogP) is 9.72. The second-order valence-corrected chi connectivity index (χ2v) is 13.1. The maximum Gasteiger partial charge on any atom is 0.343 e. The molecule has 0 aromatic heterocycles. The van der Waals surface area contributed by atoms with E-state index in [-0.39, 0.29) is 29.6 Å². The van der Waals surface area contributed by atoms with E-state index in [4.69, 9.17) is 18.9 Å². The third kappa shape index (κ3) is 6.24. The van der Waals surface area contributed by atoms with E-state index < -0.39 is 5.97 Å². The second-order valence-electron chi connectivity index (χ2n) is 12.2. The number of carbonyl (C=O) groups is 2. The molecule has 240 valence electrons. The van der Waals surface area contributed by atoms with Gasteiger partial charge in [0.25, 0.3) is 0 Å². The maximum atomic E-state index is 14.8. The smallest absolute Gasteiger partial charge is 0.343 e. The van der Waals surface area contributed by atoms with Crippen molar-refractivity contribution in [3.63, 3.8) is 0 Å². The van der Waals surface area contributed by atoms with Crippen molar-refractivity contribution in [1.29, 1.82) is 0 Å². The van der Waals surface area contributed by atoms with Crippen LogP contribution < -0.4 is 18.9 Å². The number of halogens is 1. The van der Waals surface area contributed by atoms with E-state index in [9.17, 15) is 9.59 Å². The van der Waals surface area contributed by atoms with Crippen molar-refractivity contribution in [2.75, 3.05) is 14.2 Å². The number of methoxy groups -OCH3 is 2. The van der Waals surface area contributed by atoms with Crippen LogP contribution in [0.4, 0.5) is 0 Å². The molecule has 0 amide bonds. The highest BCUT2D eigenvalue weighted by atomic mass is 79.9. The summed E-state index contributed by atoms with van der Waals surface area (Å²) in [6, 6.07) is 21.9. The van der Waals surface area contributed by atoms with Crippen molar-refractivity contribution in [2.24, 2.45) is 5.92 Å². The van der Waals surface area contributed by atoms with Crippen LogP contribution in [0.5, 0.6) is 23.0 Å². The minimum Gasteiger partial charge on any atom is -0.496 e. The Morgan fingerprint density at radius 3 is 2.21 bits per heavy atom. The molecular formula is C40H37BrO6. The normalized spacial score (nSPS) is 14.8. The Balaban J connectivity index is 1.54. The minimum atomic E-state index is -0.568. The number of ketones is 1. The second kappa shape index (κ2) is 13.6. The van der Waals surface area contributed by atoms with E-state index in [0.29, 0.717) is 39.9 Å². The van der Waals surface area contributed by atoms with Gasteiger partial charge in [0, 0.05) is 33.1 Å². The highest BCUT2D eigenvalue weighted by Gasteiger charge is 2.43. The molecule has 0 bridgehead atoms. The fourth-order valence-corrected chi connectivity index (χ4v) is 6.60. The number of allylic oxidation sites excluding steroid dienone is 3. The van der Waals surface area contributed by atoms with Crippen LogP contribution in [0.2, 0.25) is 0 Å². The van der Waals surface area contributed by atoms with Crippen molar-refractivity contribution in [2.45, 2.75) is 46.1 Å². The fourth-order valence-electron chi connectivity index (χ4n) is 6.34. The van der Waals surface area contributed by atoms with E-state index in [1.54, 1.807) is 50.6 Å². The molecule has 0 heterocycles. The number of hydrogen-bond donors (Lipinski definition) is 0. The minimum absolute atomic E-state index is 0.138. The standard InChI is InChI=1S/C40H37BrO6/c1-23(2)10-9-11-24(3)28-20-29-35-30(44-4)18-19-31(47-40(43)26-14-16-27(41)17-15-26)37(35)39(42)38-33(21-32(45-5)34(28)36(29)38)46-22-25-12-7-6-8-13-25/h6-8,11-21,23,28H,9-10,22H2,1-5H3/b24-11-. The lowest BCUT2D eigenvalue weighted by Crippen LogP contribution is -2.20. The molecule has 1 atom stereocenters. The van der Waals surface area contributed by atoms with Crippen molar-refractivity contribution in [3.8, 4) is 23.0 Å². The van der Waals surface area contributed by atoms with Gasteiger partial charge in [0.1, 0.15) is 29.6 Å². The summed E-state index contributed by atoms with van der Waals surface area (Å²) < 4.78 is 25.1. The van der Waals surface area contributed by atoms with Crippen LogP contribution in [0.3, 0.4) is 0 Å². The zero-order chi connectivity index (χ0) is 33.2. The molecule has 2 aliphatic carbocycles.